The molecule has 0 aromatic rings. The van der Waals surface area contributed by atoms with E-state index in [1.54, 1.807) is 0 Å². The molecule has 10 heavy (non-hydrogen) atoms. The maximum atomic E-state index is 9.84. The van der Waals surface area contributed by atoms with Gasteiger partial charge in [0.05, 0.1) is 0 Å². The van der Waals surface area contributed by atoms with Crippen LogP contribution in [0.5, 0.6) is 0 Å². The molecule has 0 radical (unpaired) electrons. The molecule has 0 unspecified atom stereocenters. The van der Waals surface area contributed by atoms with Crippen molar-refractivity contribution in [2.75, 3.05) is 0 Å². The molecule has 0 aromatic carbocycles. The number of carbonyl (C=O) groups is 2. The number of hydrogen-bond acceptors (Lipinski definition) is 6. The Morgan fingerprint density at radius 2 is 1.30 bits per heavy atom. The molecule has 8 heteroatoms. The van der Waals surface area contributed by atoms with Crippen LogP contribution in [0.25, 0.3) is 0 Å². The standard InChI is InChI=1S/C2H4N2O4S2/c3-1(5)7-9-10-8-2(4)6/h(H2,3,5)(H2,4,6). The van der Waals surface area contributed by atoms with E-state index in [1.807, 2.05) is 0 Å². The molecule has 0 aliphatic rings. The van der Waals surface area contributed by atoms with Crippen molar-refractivity contribution in [3.8, 4) is 0 Å². The Morgan fingerprint density at radius 1 is 1.00 bits per heavy atom. The Balaban J connectivity index is 3.06. The molecule has 0 fully saturated rings. The fraction of sp³-hybridized carbons (Fsp3) is 0. The molecule has 0 spiro atoms. The normalized spacial score (nSPS) is 8.40. The molecule has 4 N–H and O–H groups in total. The summed E-state index contributed by atoms with van der Waals surface area (Å²) in [5.41, 5.74) is 9.08. The smallest absolute Gasteiger partial charge is 0.360 e. The summed E-state index contributed by atoms with van der Waals surface area (Å²) in [6, 6.07) is 0. The highest BCUT2D eigenvalue weighted by molar-refractivity contribution is 8.73. The largest absolute Gasteiger partial charge is 0.417 e. The minimum absolute atomic E-state index is 0.509. The van der Waals surface area contributed by atoms with Crippen LogP contribution in [0.1, 0.15) is 0 Å². The van der Waals surface area contributed by atoms with Gasteiger partial charge in [-0.1, -0.05) is 0 Å². The van der Waals surface area contributed by atoms with E-state index < -0.39 is 12.2 Å². The predicted octanol–water partition coefficient (Wildman–Crippen LogP) is 0.388. The van der Waals surface area contributed by atoms with Crippen molar-refractivity contribution in [2.24, 2.45) is 11.5 Å². The van der Waals surface area contributed by atoms with Crippen molar-refractivity contribution in [3.05, 3.63) is 0 Å². The topological polar surface area (TPSA) is 105 Å². The Kier molecular flexibility index (Phi) is 4.67. The summed E-state index contributed by atoms with van der Waals surface area (Å²) in [4.78, 5) is 19.7. The third-order valence-corrected chi connectivity index (χ3v) is 1.36. The predicted molar refractivity (Wildman–Crippen MR) is 36.5 cm³/mol. The van der Waals surface area contributed by atoms with Crippen LogP contribution in [0.2, 0.25) is 0 Å². The molecule has 0 saturated heterocycles. The first-order chi connectivity index (χ1) is 4.63. The summed E-state index contributed by atoms with van der Waals surface area (Å²) in [5, 5.41) is 0. The number of primary amides is 2. The molecule has 0 aliphatic carbocycles. The van der Waals surface area contributed by atoms with Crippen LogP contribution in [0, 0.1) is 0 Å². The number of hydrogen-bond donors (Lipinski definition) is 2. The Labute approximate surface area is 64.4 Å². The molecule has 0 atom stereocenters. The van der Waals surface area contributed by atoms with E-state index in [1.165, 1.54) is 0 Å². The second-order valence-corrected chi connectivity index (χ2v) is 2.36. The van der Waals surface area contributed by atoms with Crippen LogP contribution < -0.4 is 11.5 Å². The molecule has 0 aliphatic heterocycles. The molecule has 0 bridgehead atoms. The average Bonchev–Trinajstić information content (AvgIpc) is 1.79. The van der Waals surface area contributed by atoms with E-state index >= 15 is 0 Å². The minimum Gasteiger partial charge on any atom is -0.360 e. The molecule has 0 aromatic heterocycles. The van der Waals surface area contributed by atoms with Gasteiger partial charge in [0.25, 0.3) is 0 Å². The Hall–Kier alpha value is -0.760. The Morgan fingerprint density at radius 3 is 1.50 bits per heavy atom. The minimum atomic E-state index is -0.967. The monoisotopic (exact) mass is 184 g/mol. The lowest BCUT2D eigenvalue weighted by Crippen LogP contribution is -2.09. The van der Waals surface area contributed by atoms with Gasteiger partial charge in [0, 0.05) is 0 Å². The second kappa shape index (κ2) is 5.06. The van der Waals surface area contributed by atoms with Gasteiger partial charge in [-0.05, 0) is 0 Å². The van der Waals surface area contributed by atoms with Gasteiger partial charge < -0.3 is 19.8 Å². The summed E-state index contributed by atoms with van der Waals surface area (Å²) >= 11 is 1.02. The quantitative estimate of drug-likeness (QED) is 0.373. The molecule has 6 nitrogen and oxygen atoms in total. The van der Waals surface area contributed by atoms with E-state index in [0.717, 1.165) is 0 Å². The molecule has 0 saturated carbocycles. The van der Waals surface area contributed by atoms with E-state index in [9.17, 15) is 9.59 Å². The maximum absolute atomic E-state index is 9.84. The highest BCUT2D eigenvalue weighted by Gasteiger charge is 1.99. The van der Waals surface area contributed by atoms with E-state index in [4.69, 9.17) is 0 Å². The summed E-state index contributed by atoms with van der Waals surface area (Å²) in [6.45, 7) is 0. The zero-order chi connectivity index (χ0) is 7.98. The Bertz CT molecular complexity index is 123. The molecule has 2 amide bonds. The van der Waals surface area contributed by atoms with Gasteiger partial charge in [0.2, 0.25) is 0 Å². The van der Waals surface area contributed by atoms with Gasteiger partial charge in [-0.2, -0.15) is 0 Å². The van der Waals surface area contributed by atoms with Gasteiger partial charge in [0.1, 0.15) is 0 Å². The number of nitrogens with two attached hydrogens (primary N) is 2. The fourth-order valence-electron chi connectivity index (χ4n) is 0.0948. The average molecular weight is 184 g/mol. The van der Waals surface area contributed by atoms with E-state index in [2.05, 4.69) is 19.8 Å². The van der Waals surface area contributed by atoms with Crippen LogP contribution in [0.15, 0.2) is 0 Å². The van der Waals surface area contributed by atoms with Crippen LogP contribution in [-0.2, 0) is 8.37 Å². The van der Waals surface area contributed by atoms with Gasteiger partial charge in [0.15, 0.2) is 22.1 Å². The number of carbonyl (C=O) groups excluding carboxylic acids is 2. The summed E-state index contributed by atoms with van der Waals surface area (Å²) in [5.74, 6) is 0. The van der Waals surface area contributed by atoms with Gasteiger partial charge >= 0.3 is 12.2 Å². The first kappa shape index (κ1) is 9.24. The van der Waals surface area contributed by atoms with Crippen molar-refractivity contribution in [1.29, 1.82) is 0 Å². The zero-order valence-electron chi connectivity index (χ0n) is 4.60. The van der Waals surface area contributed by atoms with Gasteiger partial charge in [-0.3, -0.25) is 0 Å². The van der Waals surface area contributed by atoms with Crippen molar-refractivity contribution in [1.82, 2.24) is 0 Å². The van der Waals surface area contributed by atoms with Crippen LogP contribution in [-0.4, -0.2) is 12.2 Å². The third-order valence-electron chi connectivity index (χ3n) is 0.260. The van der Waals surface area contributed by atoms with Crippen LogP contribution in [0.3, 0.4) is 0 Å². The number of rotatable bonds is 3. The first-order valence-electron chi connectivity index (χ1n) is 1.89. The lowest BCUT2D eigenvalue weighted by atomic mass is 11.3. The zero-order valence-corrected chi connectivity index (χ0v) is 6.24. The molecule has 58 valence electrons. The first-order valence-corrected chi connectivity index (χ1v) is 3.89. The van der Waals surface area contributed by atoms with Gasteiger partial charge in [-0.15, -0.1) is 0 Å². The van der Waals surface area contributed by atoms with Crippen molar-refractivity contribution < 1.29 is 18.0 Å². The number of amides is 2. The highest BCUT2D eigenvalue weighted by Crippen LogP contribution is 2.22. The summed E-state index contributed by atoms with van der Waals surface area (Å²) in [6.07, 6.45) is -1.93. The summed E-state index contributed by atoms with van der Waals surface area (Å²) in [7, 11) is 0. The molecular weight excluding hydrogens is 180 g/mol. The van der Waals surface area contributed by atoms with Gasteiger partial charge in [-0.25, -0.2) is 9.59 Å². The lowest BCUT2D eigenvalue weighted by molar-refractivity contribution is 0.216. The lowest BCUT2D eigenvalue weighted by Gasteiger charge is -1.94. The van der Waals surface area contributed by atoms with Crippen molar-refractivity contribution >= 4 is 34.3 Å². The molecule has 0 heterocycles. The fourth-order valence-corrected chi connectivity index (χ4v) is 0.854. The third kappa shape index (κ3) is 7.24. The summed E-state index contributed by atoms with van der Waals surface area (Å²) < 4.78 is 8.16. The second-order valence-electron chi connectivity index (χ2n) is 0.941. The van der Waals surface area contributed by atoms with Crippen molar-refractivity contribution in [2.45, 2.75) is 0 Å². The molecule has 0 rings (SSSR count). The van der Waals surface area contributed by atoms with Crippen molar-refractivity contribution in [3.63, 3.8) is 0 Å². The maximum Gasteiger partial charge on any atom is 0.417 e. The van der Waals surface area contributed by atoms with Crippen LogP contribution in [0.4, 0.5) is 9.59 Å². The van der Waals surface area contributed by atoms with Crippen LogP contribution >= 0.6 is 22.1 Å². The van der Waals surface area contributed by atoms with E-state index in [0.29, 0.717) is 22.1 Å². The highest BCUT2D eigenvalue weighted by atomic mass is 33.1. The molecular formula is C2H4N2O4S2. The van der Waals surface area contributed by atoms with E-state index in [-0.39, 0.29) is 0 Å². The SMILES string of the molecule is NC(=O)OSSOC(N)=O.